The summed E-state index contributed by atoms with van der Waals surface area (Å²) in [6.45, 7) is 9.26. The molecule has 0 spiro atoms. The molecule has 6 nitrogen and oxygen atoms in total. The maximum absolute atomic E-state index is 5.90. The van der Waals surface area contributed by atoms with Gasteiger partial charge in [0.05, 0.1) is 6.61 Å². The minimum atomic E-state index is 0. The number of halogens is 1. The fraction of sp³-hybridized carbons (Fsp3) is 0.522. The number of fused-ring (bicyclic) bond motifs is 1. The summed E-state index contributed by atoms with van der Waals surface area (Å²) in [5, 5.41) is 9.28. The number of benzene rings is 2. The van der Waals surface area contributed by atoms with E-state index in [1.807, 2.05) is 13.1 Å². The lowest BCUT2D eigenvalue weighted by Crippen LogP contribution is -2.52. The van der Waals surface area contributed by atoms with E-state index in [2.05, 4.69) is 75.8 Å². The zero-order chi connectivity index (χ0) is 20.5. The molecule has 1 unspecified atom stereocenters. The summed E-state index contributed by atoms with van der Waals surface area (Å²) in [5.41, 5.74) is 0. The van der Waals surface area contributed by atoms with Crippen LogP contribution < -0.4 is 15.4 Å². The van der Waals surface area contributed by atoms with Crippen LogP contribution in [0.2, 0.25) is 0 Å². The SMILES string of the molecule is CN=C(NCCCOc1ccc2ccccc2c1)NCC(C)N1CCN(C)CC1.I. The Bertz CT molecular complexity index is 792. The summed E-state index contributed by atoms with van der Waals surface area (Å²) < 4.78 is 5.90. The summed E-state index contributed by atoms with van der Waals surface area (Å²) in [7, 11) is 4.01. The number of likely N-dealkylation sites (N-methyl/N-ethyl adjacent to an activating group) is 1. The van der Waals surface area contributed by atoms with E-state index >= 15 is 0 Å². The first-order valence-electron chi connectivity index (χ1n) is 10.6. The van der Waals surface area contributed by atoms with Crippen LogP contribution in [0.25, 0.3) is 10.8 Å². The van der Waals surface area contributed by atoms with Crippen molar-refractivity contribution in [1.82, 2.24) is 20.4 Å². The number of ether oxygens (including phenoxy) is 1. The van der Waals surface area contributed by atoms with Gasteiger partial charge in [-0.15, -0.1) is 24.0 Å². The van der Waals surface area contributed by atoms with Crippen LogP contribution >= 0.6 is 24.0 Å². The van der Waals surface area contributed by atoms with Gasteiger partial charge in [0.25, 0.3) is 0 Å². The Kier molecular flexibility index (Phi) is 10.7. The molecule has 1 saturated heterocycles. The molecule has 3 rings (SSSR count). The molecule has 2 aromatic carbocycles. The molecule has 1 aliphatic heterocycles. The molecule has 1 heterocycles. The summed E-state index contributed by atoms with van der Waals surface area (Å²) >= 11 is 0. The van der Waals surface area contributed by atoms with E-state index in [0.717, 1.165) is 57.4 Å². The van der Waals surface area contributed by atoms with Crippen LogP contribution in [-0.2, 0) is 0 Å². The molecule has 0 bridgehead atoms. The highest BCUT2D eigenvalue weighted by Gasteiger charge is 2.18. The van der Waals surface area contributed by atoms with Gasteiger partial charge in [0, 0.05) is 52.4 Å². The molecule has 2 N–H and O–H groups in total. The summed E-state index contributed by atoms with van der Waals surface area (Å²) in [4.78, 5) is 9.26. The fourth-order valence-corrected chi connectivity index (χ4v) is 3.58. The van der Waals surface area contributed by atoms with Crippen molar-refractivity contribution in [2.24, 2.45) is 4.99 Å². The van der Waals surface area contributed by atoms with Crippen molar-refractivity contribution in [3.05, 3.63) is 42.5 Å². The Hall–Kier alpha value is -1.58. The number of aliphatic imine (C=N–C) groups is 1. The molecule has 0 aromatic heterocycles. The van der Waals surface area contributed by atoms with Gasteiger partial charge in [-0.25, -0.2) is 0 Å². The first-order chi connectivity index (χ1) is 14.2. The van der Waals surface area contributed by atoms with Crippen LogP contribution in [0, 0.1) is 0 Å². The van der Waals surface area contributed by atoms with Gasteiger partial charge in [-0.2, -0.15) is 0 Å². The Balaban J connectivity index is 0.00000320. The highest BCUT2D eigenvalue weighted by Crippen LogP contribution is 2.20. The lowest BCUT2D eigenvalue weighted by atomic mass is 10.1. The lowest BCUT2D eigenvalue weighted by molar-refractivity contribution is 0.120. The predicted molar refractivity (Wildman–Crippen MR) is 137 cm³/mol. The third-order valence-electron chi connectivity index (χ3n) is 5.55. The van der Waals surface area contributed by atoms with Crippen LogP contribution in [-0.4, -0.2) is 81.8 Å². The summed E-state index contributed by atoms with van der Waals surface area (Å²) in [6.07, 6.45) is 0.918. The van der Waals surface area contributed by atoms with Crippen LogP contribution in [0.15, 0.2) is 47.5 Å². The largest absolute Gasteiger partial charge is 0.494 e. The first-order valence-corrected chi connectivity index (χ1v) is 10.6. The van der Waals surface area contributed by atoms with Gasteiger partial charge in [0.15, 0.2) is 5.96 Å². The maximum Gasteiger partial charge on any atom is 0.191 e. The third-order valence-corrected chi connectivity index (χ3v) is 5.55. The van der Waals surface area contributed by atoms with E-state index in [0.29, 0.717) is 12.6 Å². The molecule has 0 saturated carbocycles. The van der Waals surface area contributed by atoms with Crippen LogP contribution in [0.5, 0.6) is 5.75 Å². The van der Waals surface area contributed by atoms with E-state index < -0.39 is 0 Å². The smallest absolute Gasteiger partial charge is 0.191 e. The second kappa shape index (κ2) is 13.0. The predicted octanol–water partition coefficient (Wildman–Crippen LogP) is 3.03. The highest BCUT2D eigenvalue weighted by atomic mass is 127. The minimum absolute atomic E-state index is 0. The van der Waals surface area contributed by atoms with Gasteiger partial charge in [0.2, 0.25) is 0 Å². The Labute approximate surface area is 198 Å². The third kappa shape index (κ3) is 7.59. The quantitative estimate of drug-likeness (QED) is 0.240. The van der Waals surface area contributed by atoms with Gasteiger partial charge in [-0.05, 0) is 43.3 Å². The van der Waals surface area contributed by atoms with Gasteiger partial charge in [-0.1, -0.05) is 30.3 Å². The van der Waals surface area contributed by atoms with Crippen molar-refractivity contribution in [1.29, 1.82) is 0 Å². The Morgan fingerprint density at radius 1 is 1.07 bits per heavy atom. The average Bonchev–Trinajstić information content (AvgIpc) is 2.75. The molecule has 0 aliphatic carbocycles. The number of hydrogen-bond acceptors (Lipinski definition) is 4. The Morgan fingerprint density at radius 2 is 1.80 bits per heavy atom. The van der Waals surface area contributed by atoms with Crippen molar-refractivity contribution >= 4 is 40.7 Å². The van der Waals surface area contributed by atoms with Gasteiger partial charge in [-0.3, -0.25) is 9.89 Å². The molecule has 1 fully saturated rings. The van der Waals surface area contributed by atoms with Crippen molar-refractivity contribution in [3.8, 4) is 5.75 Å². The van der Waals surface area contributed by atoms with E-state index in [1.165, 1.54) is 10.8 Å². The van der Waals surface area contributed by atoms with Crippen molar-refractivity contribution in [2.45, 2.75) is 19.4 Å². The van der Waals surface area contributed by atoms with Crippen molar-refractivity contribution < 1.29 is 4.74 Å². The lowest BCUT2D eigenvalue weighted by Gasteiger charge is -2.36. The number of nitrogens with zero attached hydrogens (tertiary/aromatic N) is 3. The summed E-state index contributed by atoms with van der Waals surface area (Å²) in [6, 6.07) is 15.1. The number of guanidine groups is 1. The molecule has 2 aromatic rings. The van der Waals surface area contributed by atoms with Crippen molar-refractivity contribution in [2.75, 3.05) is 60.0 Å². The first kappa shape index (κ1) is 24.7. The van der Waals surface area contributed by atoms with Crippen LogP contribution in [0.3, 0.4) is 0 Å². The van der Waals surface area contributed by atoms with Crippen molar-refractivity contribution in [3.63, 3.8) is 0 Å². The number of rotatable bonds is 8. The van der Waals surface area contributed by atoms with Gasteiger partial charge in [0.1, 0.15) is 5.75 Å². The molecule has 166 valence electrons. The molecule has 7 heteroatoms. The number of nitrogens with one attached hydrogen (secondary N) is 2. The summed E-state index contributed by atoms with van der Waals surface area (Å²) in [5.74, 6) is 1.78. The molecular weight excluding hydrogens is 489 g/mol. The van der Waals surface area contributed by atoms with E-state index in [-0.39, 0.29) is 24.0 Å². The topological polar surface area (TPSA) is 52.1 Å². The number of hydrogen-bond donors (Lipinski definition) is 2. The van der Waals surface area contributed by atoms with E-state index in [1.54, 1.807) is 0 Å². The van der Waals surface area contributed by atoms with E-state index in [4.69, 9.17) is 4.74 Å². The normalized spacial score (nSPS) is 16.7. The standard InChI is InChI=1S/C23H35N5O.HI/c1-19(28-14-12-27(3)13-15-28)18-26-23(24-2)25-11-6-16-29-22-10-9-20-7-4-5-8-21(20)17-22;/h4-5,7-10,17,19H,6,11-16,18H2,1-3H3,(H2,24,25,26);1H. The second-order valence-corrected chi connectivity index (χ2v) is 7.78. The van der Waals surface area contributed by atoms with Gasteiger partial charge < -0.3 is 20.3 Å². The molecule has 30 heavy (non-hydrogen) atoms. The monoisotopic (exact) mass is 525 g/mol. The second-order valence-electron chi connectivity index (χ2n) is 7.78. The van der Waals surface area contributed by atoms with Crippen LogP contribution in [0.4, 0.5) is 0 Å². The molecular formula is C23H36IN5O. The zero-order valence-electron chi connectivity index (χ0n) is 18.4. The van der Waals surface area contributed by atoms with Crippen LogP contribution in [0.1, 0.15) is 13.3 Å². The fourth-order valence-electron chi connectivity index (χ4n) is 3.58. The van der Waals surface area contributed by atoms with Gasteiger partial charge >= 0.3 is 0 Å². The highest BCUT2D eigenvalue weighted by molar-refractivity contribution is 14.0. The maximum atomic E-state index is 5.90. The Morgan fingerprint density at radius 3 is 2.53 bits per heavy atom. The average molecular weight is 525 g/mol. The number of piperazine rings is 1. The molecule has 1 atom stereocenters. The molecule has 0 amide bonds. The molecule has 0 radical (unpaired) electrons. The van der Waals surface area contributed by atoms with E-state index in [9.17, 15) is 0 Å². The molecule has 1 aliphatic rings. The minimum Gasteiger partial charge on any atom is -0.494 e. The zero-order valence-corrected chi connectivity index (χ0v) is 20.8.